The van der Waals surface area contributed by atoms with E-state index in [1.165, 1.54) is 0 Å². The van der Waals surface area contributed by atoms with Crippen LogP contribution in [-0.4, -0.2) is 35.1 Å². The number of aryl methyl sites for hydroxylation is 1. The minimum absolute atomic E-state index is 0. The molecule has 0 saturated carbocycles. The van der Waals surface area contributed by atoms with Gasteiger partial charge >= 0.3 is 0 Å². The van der Waals surface area contributed by atoms with Crippen LogP contribution in [0.1, 0.15) is 12.7 Å². The summed E-state index contributed by atoms with van der Waals surface area (Å²) in [6.45, 7) is 6.79. The Morgan fingerprint density at radius 3 is 2.86 bits per heavy atom. The Morgan fingerprint density at radius 2 is 2.14 bits per heavy atom. The zero-order chi connectivity index (χ0) is 15.1. The van der Waals surface area contributed by atoms with E-state index < -0.39 is 0 Å². The maximum atomic E-state index is 5.25. The number of imidazole rings is 1. The molecule has 2 aromatic rings. The van der Waals surface area contributed by atoms with E-state index in [-0.39, 0.29) is 24.0 Å². The number of aliphatic imine (C=N–C) groups is 1. The fourth-order valence-corrected chi connectivity index (χ4v) is 2.22. The van der Waals surface area contributed by atoms with E-state index in [0.29, 0.717) is 13.1 Å². The number of halogens is 1. The van der Waals surface area contributed by atoms with Crippen molar-refractivity contribution in [1.82, 2.24) is 20.2 Å². The summed E-state index contributed by atoms with van der Waals surface area (Å²) < 4.78 is 2.18. The third kappa shape index (κ3) is 4.63. The van der Waals surface area contributed by atoms with Gasteiger partial charge in [-0.2, -0.15) is 0 Å². The predicted octanol–water partition coefficient (Wildman–Crippen LogP) is 2.15. The second-order valence-corrected chi connectivity index (χ2v) is 4.62. The molecule has 0 amide bonds. The summed E-state index contributed by atoms with van der Waals surface area (Å²) in [7, 11) is 0. The second-order valence-electron chi connectivity index (χ2n) is 4.62. The monoisotopic (exact) mass is 411 g/mol. The smallest absolute Gasteiger partial charge is 0.192 e. The minimum Gasteiger partial charge on any atom is -0.357 e. The summed E-state index contributed by atoms with van der Waals surface area (Å²) in [5.74, 6) is 4.30. The molecule has 5 nitrogen and oxygen atoms in total. The number of hydrogen-bond acceptors (Lipinski definition) is 2. The van der Waals surface area contributed by atoms with Gasteiger partial charge in [0.25, 0.3) is 0 Å². The van der Waals surface area contributed by atoms with Crippen LogP contribution in [0.5, 0.6) is 0 Å². The van der Waals surface area contributed by atoms with Gasteiger partial charge in [0.1, 0.15) is 5.82 Å². The van der Waals surface area contributed by atoms with E-state index >= 15 is 0 Å². The number of guanidine groups is 1. The van der Waals surface area contributed by atoms with Crippen LogP contribution >= 0.6 is 24.0 Å². The number of rotatable bonds is 5. The summed E-state index contributed by atoms with van der Waals surface area (Å²) >= 11 is 0. The summed E-state index contributed by atoms with van der Waals surface area (Å²) in [5, 5.41) is 6.25. The molecule has 22 heavy (non-hydrogen) atoms. The lowest BCUT2D eigenvalue weighted by atomic mass is 10.3. The summed E-state index contributed by atoms with van der Waals surface area (Å²) in [4.78, 5) is 9.08. The molecular formula is C16H22IN5. The standard InChI is InChI=1S/C16H21N5.HI/c1-4-10-18-16(17-5-2)19-11-12-21-13(3)20-14-8-6-7-9-15(14)21;/h1,6-9H,5,10-12H2,2-3H3,(H2,17,18,19);1H. The van der Waals surface area contributed by atoms with Crippen LogP contribution in [0.2, 0.25) is 0 Å². The lowest BCUT2D eigenvalue weighted by Crippen LogP contribution is -2.37. The van der Waals surface area contributed by atoms with Crippen molar-refractivity contribution in [1.29, 1.82) is 0 Å². The molecule has 0 aliphatic heterocycles. The number of fused-ring (bicyclic) bond motifs is 1. The van der Waals surface area contributed by atoms with Gasteiger partial charge in [0.15, 0.2) is 5.96 Å². The highest BCUT2D eigenvalue weighted by Crippen LogP contribution is 2.14. The quantitative estimate of drug-likeness (QED) is 0.343. The first kappa shape index (κ1) is 18.3. The first-order chi connectivity index (χ1) is 10.3. The van der Waals surface area contributed by atoms with Crippen molar-refractivity contribution in [3.8, 4) is 12.3 Å². The first-order valence-corrected chi connectivity index (χ1v) is 7.13. The maximum Gasteiger partial charge on any atom is 0.192 e. The molecule has 2 N–H and O–H groups in total. The van der Waals surface area contributed by atoms with E-state index in [0.717, 1.165) is 35.9 Å². The molecule has 0 fully saturated rings. The molecule has 0 atom stereocenters. The zero-order valence-corrected chi connectivity index (χ0v) is 15.3. The molecule has 6 heteroatoms. The van der Waals surface area contributed by atoms with Crippen LogP contribution in [0.15, 0.2) is 29.3 Å². The van der Waals surface area contributed by atoms with Crippen LogP contribution in [0.25, 0.3) is 11.0 Å². The third-order valence-electron chi connectivity index (χ3n) is 3.14. The van der Waals surface area contributed by atoms with Crippen LogP contribution < -0.4 is 10.6 Å². The number of aromatic nitrogens is 2. The molecule has 1 aromatic carbocycles. The summed E-state index contributed by atoms with van der Waals surface area (Å²) in [6.07, 6.45) is 5.25. The fraction of sp³-hybridized carbons (Fsp3) is 0.375. The van der Waals surface area contributed by atoms with Crippen molar-refractivity contribution in [2.45, 2.75) is 20.4 Å². The molecule has 0 spiro atoms. The topological polar surface area (TPSA) is 54.2 Å². The Balaban J connectivity index is 0.00000242. The van der Waals surface area contributed by atoms with Gasteiger partial charge in [0.05, 0.1) is 24.1 Å². The lowest BCUT2D eigenvalue weighted by Gasteiger charge is -2.09. The Bertz CT molecular complexity index is 669. The number of terminal acetylenes is 1. The molecule has 0 saturated heterocycles. The van der Waals surface area contributed by atoms with Gasteiger partial charge in [-0.1, -0.05) is 18.1 Å². The zero-order valence-electron chi connectivity index (χ0n) is 13.0. The third-order valence-corrected chi connectivity index (χ3v) is 3.14. The van der Waals surface area contributed by atoms with Crippen molar-refractivity contribution in [3.63, 3.8) is 0 Å². The number of benzene rings is 1. The van der Waals surface area contributed by atoms with Gasteiger partial charge in [0.2, 0.25) is 0 Å². The van der Waals surface area contributed by atoms with Crippen molar-refractivity contribution in [3.05, 3.63) is 30.1 Å². The van der Waals surface area contributed by atoms with Crippen LogP contribution in [0.3, 0.4) is 0 Å². The molecule has 0 unspecified atom stereocenters. The van der Waals surface area contributed by atoms with Crippen molar-refractivity contribution in [2.24, 2.45) is 4.99 Å². The lowest BCUT2D eigenvalue weighted by molar-refractivity contribution is 0.698. The van der Waals surface area contributed by atoms with Crippen LogP contribution in [0, 0.1) is 19.3 Å². The number of hydrogen-bond donors (Lipinski definition) is 2. The Morgan fingerprint density at radius 1 is 1.36 bits per heavy atom. The second kappa shape index (κ2) is 9.30. The molecule has 1 heterocycles. The van der Waals surface area contributed by atoms with Crippen LogP contribution in [0.4, 0.5) is 0 Å². The Hall–Kier alpha value is -1.75. The molecule has 0 bridgehead atoms. The number of para-hydroxylation sites is 2. The maximum absolute atomic E-state index is 5.25. The highest BCUT2D eigenvalue weighted by Gasteiger charge is 2.05. The van der Waals surface area contributed by atoms with Crippen molar-refractivity contribution in [2.75, 3.05) is 19.6 Å². The molecule has 1 aromatic heterocycles. The fourth-order valence-electron chi connectivity index (χ4n) is 2.22. The average molecular weight is 411 g/mol. The van der Waals surface area contributed by atoms with Crippen molar-refractivity contribution >= 4 is 41.0 Å². The number of nitrogens with zero attached hydrogens (tertiary/aromatic N) is 3. The molecule has 2 rings (SSSR count). The SMILES string of the molecule is C#CCNC(=NCCn1c(C)nc2ccccc21)NCC.I. The van der Waals surface area contributed by atoms with E-state index in [2.05, 4.69) is 37.2 Å². The Kier molecular flexibility index (Phi) is 7.74. The van der Waals surface area contributed by atoms with E-state index in [1.807, 2.05) is 32.0 Å². The molecule has 0 aliphatic carbocycles. The Labute approximate surface area is 148 Å². The van der Waals surface area contributed by atoms with Gasteiger partial charge in [-0.15, -0.1) is 30.4 Å². The van der Waals surface area contributed by atoms with Gasteiger partial charge in [-0.25, -0.2) is 4.98 Å². The van der Waals surface area contributed by atoms with E-state index in [4.69, 9.17) is 6.42 Å². The largest absolute Gasteiger partial charge is 0.357 e. The van der Waals surface area contributed by atoms with E-state index in [1.54, 1.807) is 0 Å². The number of nitrogens with one attached hydrogen (secondary N) is 2. The summed E-state index contributed by atoms with van der Waals surface area (Å²) in [6, 6.07) is 8.15. The average Bonchev–Trinajstić information content (AvgIpc) is 2.81. The molecule has 118 valence electrons. The van der Waals surface area contributed by atoms with Crippen LogP contribution in [-0.2, 0) is 6.54 Å². The predicted molar refractivity (Wildman–Crippen MR) is 103 cm³/mol. The molecule has 0 radical (unpaired) electrons. The van der Waals surface area contributed by atoms with Gasteiger partial charge in [-0.05, 0) is 26.0 Å². The van der Waals surface area contributed by atoms with Gasteiger partial charge in [0, 0.05) is 13.1 Å². The summed E-state index contributed by atoms with van der Waals surface area (Å²) in [5.41, 5.74) is 2.17. The molecule has 0 aliphatic rings. The normalized spacial score (nSPS) is 10.9. The molecular weight excluding hydrogens is 389 g/mol. The highest BCUT2D eigenvalue weighted by atomic mass is 127. The highest BCUT2D eigenvalue weighted by molar-refractivity contribution is 14.0. The van der Waals surface area contributed by atoms with Gasteiger partial charge in [-0.3, -0.25) is 4.99 Å². The minimum atomic E-state index is 0. The first-order valence-electron chi connectivity index (χ1n) is 7.13. The van der Waals surface area contributed by atoms with E-state index in [9.17, 15) is 0 Å². The van der Waals surface area contributed by atoms with Crippen molar-refractivity contribution < 1.29 is 0 Å². The van der Waals surface area contributed by atoms with Gasteiger partial charge < -0.3 is 15.2 Å².